The average Bonchev–Trinajstić information content (AvgIpc) is 2.52. The molecule has 0 spiro atoms. The number of nitrogens with zero attached hydrogens (tertiary/aromatic N) is 1. The predicted octanol–water partition coefficient (Wildman–Crippen LogP) is 5.46. The van der Waals surface area contributed by atoms with Crippen LogP contribution in [0.2, 0.25) is 13.1 Å². The van der Waals surface area contributed by atoms with E-state index in [-0.39, 0.29) is 0 Å². The van der Waals surface area contributed by atoms with Crippen LogP contribution in [0.5, 0.6) is 0 Å². The minimum absolute atomic E-state index is 0.602. The van der Waals surface area contributed by atoms with Gasteiger partial charge in [-0.05, 0) is 31.1 Å². The van der Waals surface area contributed by atoms with Crippen molar-refractivity contribution < 1.29 is 8.85 Å². The van der Waals surface area contributed by atoms with Crippen LogP contribution in [0.25, 0.3) is 0 Å². The molecule has 0 saturated heterocycles. The molecule has 1 rings (SSSR count). The van der Waals surface area contributed by atoms with Gasteiger partial charge in [0.15, 0.2) is 0 Å². The highest BCUT2D eigenvalue weighted by Crippen LogP contribution is 2.13. The van der Waals surface area contributed by atoms with Crippen LogP contribution in [-0.2, 0) is 15.5 Å². The Morgan fingerprint density at radius 1 is 0.955 bits per heavy atom. The number of hydrogen-bond donors (Lipinski definition) is 0. The van der Waals surface area contributed by atoms with Gasteiger partial charge in [-0.3, -0.25) is 4.98 Å². The fraction of sp³-hybridized carbons (Fsp3) is 0.722. The fourth-order valence-electron chi connectivity index (χ4n) is 2.34. The quantitative estimate of drug-likeness (QED) is 0.357. The molecule has 0 radical (unpaired) electrons. The second-order valence-electron chi connectivity index (χ2n) is 6.37. The van der Waals surface area contributed by atoms with Gasteiger partial charge in [0.25, 0.3) is 0 Å². The van der Waals surface area contributed by atoms with Gasteiger partial charge in [0.1, 0.15) is 0 Å². The van der Waals surface area contributed by atoms with Crippen LogP contribution < -0.4 is 0 Å². The third-order valence-corrected chi connectivity index (χ3v) is 5.50. The molecule has 0 saturated carbocycles. The molecule has 0 aliphatic rings. The first kappa shape index (κ1) is 19.3. The highest BCUT2D eigenvalue weighted by molar-refractivity contribution is 6.64. The summed E-state index contributed by atoms with van der Waals surface area (Å²) in [5, 5.41) is 0. The molecule has 0 unspecified atom stereocenters. The van der Waals surface area contributed by atoms with E-state index in [2.05, 4.69) is 25.0 Å². The summed E-state index contributed by atoms with van der Waals surface area (Å²) in [5.41, 5.74) is 1.11. The zero-order valence-corrected chi connectivity index (χ0v) is 15.6. The van der Waals surface area contributed by atoms with Crippen LogP contribution in [0.3, 0.4) is 0 Å². The fourth-order valence-corrected chi connectivity index (χ4v) is 3.57. The first-order chi connectivity index (χ1) is 10.6. The van der Waals surface area contributed by atoms with Crippen molar-refractivity contribution in [3.63, 3.8) is 0 Å². The Morgan fingerprint density at radius 2 is 1.64 bits per heavy atom. The van der Waals surface area contributed by atoms with Crippen LogP contribution in [0.1, 0.15) is 63.9 Å². The van der Waals surface area contributed by atoms with Crippen molar-refractivity contribution in [2.45, 2.75) is 78.0 Å². The van der Waals surface area contributed by atoms with Gasteiger partial charge in [-0.1, -0.05) is 57.9 Å². The topological polar surface area (TPSA) is 31.4 Å². The lowest BCUT2D eigenvalue weighted by atomic mass is 10.1. The number of aromatic nitrogens is 1. The van der Waals surface area contributed by atoms with Crippen molar-refractivity contribution in [3.8, 4) is 0 Å². The third kappa shape index (κ3) is 10.1. The minimum atomic E-state index is -2.00. The van der Waals surface area contributed by atoms with Gasteiger partial charge in [-0.2, -0.15) is 0 Å². The van der Waals surface area contributed by atoms with E-state index in [0.29, 0.717) is 6.61 Å². The van der Waals surface area contributed by atoms with Crippen LogP contribution in [0, 0.1) is 0 Å². The Kier molecular flexibility index (Phi) is 10.4. The second-order valence-corrected chi connectivity index (χ2v) is 9.75. The monoisotopic (exact) mass is 323 g/mol. The molecule has 4 heteroatoms. The van der Waals surface area contributed by atoms with Crippen molar-refractivity contribution >= 4 is 8.56 Å². The number of hydrogen-bond acceptors (Lipinski definition) is 3. The highest BCUT2D eigenvalue weighted by atomic mass is 28.4. The smallest absolute Gasteiger partial charge is 0.332 e. The van der Waals surface area contributed by atoms with Crippen molar-refractivity contribution in [3.05, 3.63) is 30.1 Å². The lowest BCUT2D eigenvalue weighted by Crippen LogP contribution is -2.35. The lowest BCUT2D eigenvalue weighted by Gasteiger charge is -2.22. The summed E-state index contributed by atoms with van der Waals surface area (Å²) < 4.78 is 12.0. The summed E-state index contributed by atoms with van der Waals surface area (Å²) in [6.45, 7) is 7.94. The summed E-state index contributed by atoms with van der Waals surface area (Å²) >= 11 is 0. The predicted molar refractivity (Wildman–Crippen MR) is 95.1 cm³/mol. The molecule has 0 amide bonds. The molecule has 0 atom stereocenters. The van der Waals surface area contributed by atoms with Crippen molar-refractivity contribution in [2.24, 2.45) is 0 Å². The summed E-state index contributed by atoms with van der Waals surface area (Å²) in [7, 11) is -2.00. The van der Waals surface area contributed by atoms with E-state index in [1.54, 1.807) is 6.20 Å². The molecule has 0 aliphatic carbocycles. The molecule has 0 aromatic carbocycles. The molecule has 3 nitrogen and oxygen atoms in total. The van der Waals surface area contributed by atoms with Crippen LogP contribution in [0.15, 0.2) is 24.5 Å². The van der Waals surface area contributed by atoms with E-state index in [1.165, 1.54) is 44.9 Å². The largest absolute Gasteiger partial charge is 0.395 e. The highest BCUT2D eigenvalue weighted by Gasteiger charge is 2.24. The van der Waals surface area contributed by atoms with E-state index >= 15 is 0 Å². The summed E-state index contributed by atoms with van der Waals surface area (Å²) in [6.07, 6.45) is 14.3. The van der Waals surface area contributed by atoms with Crippen molar-refractivity contribution in [1.29, 1.82) is 0 Å². The molecule has 1 heterocycles. The van der Waals surface area contributed by atoms with Gasteiger partial charge >= 0.3 is 8.56 Å². The zero-order chi connectivity index (χ0) is 16.1. The molecule has 1 aromatic heterocycles. The maximum Gasteiger partial charge on any atom is 0.332 e. The van der Waals surface area contributed by atoms with E-state index in [1.807, 2.05) is 18.3 Å². The lowest BCUT2D eigenvalue weighted by molar-refractivity contribution is 0.168. The van der Waals surface area contributed by atoms with Gasteiger partial charge in [0, 0.05) is 19.0 Å². The number of pyridine rings is 1. The van der Waals surface area contributed by atoms with Crippen LogP contribution in [0.4, 0.5) is 0 Å². The molecule has 0 bridgehead atoms. The molecule has 0 N–H and O–H groups in total. The van der Waals surface area contributed by atoms with Gasteiger partial charge in [-0.15, -0.1) is 0 Å². The third-order valence-electron chi connectivity index (χ3n) is 3.76. The zero-order valence-electron chi connectivity index (χ0n) is 14.6. The Bertz CT molecular complexity index is 371. The number of unbranched alkanes of at least 4 members (excludes halogenated alkanes) is 7. The summed E-state index contributed by atoms with van der Waals surface area (Å²) in [4.78, 5) is 4.10. The Morgan fingerprint density at radius 3 is 2.27 bits per heavy atom. The van der Waals surface area contributed by atoms with E-state index in [4.69, 9.17) is 8.85 Å². The van der Waals surface area contributed by atoms with Gasteiger partial charge in [0.2, 0.25) is 0 Å². The number of rotatable bonds is 13. The summed E-state index contributed by atoms with van der Waals surface area (Å²) in [5.74, 6) is 0. The standard InChI is InChI=1S/C18H33NO2Si/c1-4-5-6-7-8-9-10-11-15-20-22(2,3)21-17-18-13-12-14-19-16-18/h12-14,16H,4-11,15,17H2,1-3H3. The van der Waals surface area contributed by atoms with Crippen molar-refractivity contribution in [2.75, 3.05) is 6.61 Å². The second kappa shape index (κ2) is 11.8. The Balaban J connectivity index is 2.00. The van der Waals surface area contributed by atoms with Crippen molar-refractivity contribution in [1.82, 2.24) is 4.98 Å². The molecule has 0 fully saturated rings. The van der Waals surface area contributed by atoms with E-state index in [9.17, 15) is 0 Å². The molecular formula is C18H33NO2Si. The maximum absolute atomic E-state index is 5.99. The van der Waals surface area contributed by atoms with Crippen LogP contribution >= 0.6 is 0 Å². The molecule has 0 aliphatic heterocycles. The normalized spacial score (nSPS) is 11.8. The van der Waals surface area contributed by atoms with Crippen LogP contribution in [-0.4, -0.2) is 20.2 Å². The molecule has 126 valence electrons. The minimum Gasteiger partial charge on any atom is -0.395 e. The Hall–Kier alpha value is -0.713. The molecular weight excluding hydrogens is 290 g/mol. The van der Waals surface area contributed by atoms with Gasteiger partial charge in [0.05, 0.1) is 6.61 Å². The Labute approximate surface area is 137 Å². The molecule has 22 heavy (non-hydrogen) atoms. The molecule has 1 aromatic rings. The van der Waals surface area contributed by atoms with Gasteiger partial charge < -0.3 is 8.85 Å². The maximum atomic E-state index is 5.99. The first-order valence-electron chi connectivity index (χ1n) is 8.81. The average molecular weight is 324 g/mol. The van der Waals surface area contributed by atoms with Gasteiger partial charge in [-0.25, -0.2) is 0 Å². The van der Waals surface area contributed by atoms with E-state index in [0.717, 1.165) is 18.6 Å². The SMILES string of the molecule is CCCCCCCCCCO[Si](C)(C)OCc1cccnc1. The van der Waals surface area contributed by atoms with E-state index < -0.39 is 8.56 Å². The first-order valence-corrected chi connectivity index (χ1v) is 11.6. The summed E-state index contributed by atoms with van der Waals surface area (Å²) in [6, 6.07) is 3.98.